The number of hydrogen-bond donors (Lipinski definition) is 0. The summed E-state index contributed by atoms with van der Waals surface area (Å²) in [5.74, 6) is -0.283. The summed E-state index contributed by atoms with van der Waals surface area (Å²) in [5.41, 5.74) is 1.11. The number of halogens is 1. The van der Waals surface area contributed by atoms with Gasteiger partial charge in [0.25, 0.3) is 0 Å². The maximum atomic E-state index is 11.6. The average molecular weight is 488 g/mol. The minimum Gasteiger partial charge on any atom is -0.461 e. The Kier molecular flexibility index (Phi) is 8.91. The molecule has 1 heterocycles. The smallest absolute Gasteiger partial charge is 0.302 e. The van der Waals surface area contributed by atoms with E-state index in [-0.39, 0.29) is 34.1 Å². The van der Waals surface area contributed by atoms with E-state index in [2.05, 4.69) is 49.8 Å². The molecule has 0 aliphatic carbocycles. The van der Waals surface area contributed by atoms with Crippen LogP contribution in [0.4, 0.5) is 0 Å². The zero-order chi connectivity index (χ0) is 21.7. The van der Waals surface area contributed by atoms with Crippen molar-refractivity contribution in [2.75, 3.05) is 13.2 Å². The van der Waals surface area contributed by atoms with Crippen molar-refractivity contribution >= 4 is 30.2 Å². The third kappa shape index (κ3) is 7.47. The van der Waals surface area contributed by atoms with Gasteiger partial charge >= 0.3 is 5.97 Å². The molecule has 4 atom stereocenters. The van der Waals surface area contributed by atoms with E-state index < -0.39 is 8.32 Å². The molecule has 2 rings (SSSR count). The van der Waals surface area contributed by atoms with Crippen molar-refractivity contribution in [3.8, 4) is 0 Å². The lowest BCUT2D eigenvalue weighted by atomic mass is 10.0. The highest BCUT2D eigenvalue weighted by molar-refractivity contribution is 9.09. The van der Waals surface area contributed by atoms with Crippen molar-refractivity contribution in [1.82, 2.24) is 0 Å². The van der Waals surface area contributed by atoms with Crippen LogP contribution in [0.5, 0.6) is 0 Å². The first-order valence-corrected chi connectivity index (χ1v) is 14.0. The minimum atomic E-state index is -1.88. The molecule has 5 nitrogen and oxygen atoms in total. The number of alkyl halides is 1. The first-order chi connectivity index (χ1) is 13.5. The van der Waals surface area contributed by atoms with Crippen LogP contribution in [0.2, 0.25) is 18.1 Å². The Balaban J connectivity index is 1.98. The number of carbonyl (C=O) groups excluding carboxylic acids is 1. The minimum absolute atomic E-state index is 0.119. The van der Waals surface area contributed by atoms with Crippen LogP contribution in [0.25, 0.3) is 0 Å². The molecule has 164 valence electrons. The van der Waals surface area contributed by atoms with Gasteiger partial charge in [-0.15, -0.1) is 0 Å². The molecule has 0 spiro atoms. The maximum absolute atomic E-state index is 11.6. The molecule has 0 unspecified atom stereocenters. The van der Waals surface area contributed by atoms with E-state index in [1.54, 1.807) is 0 Å². The molecule has 1 fully saturated rings. The molecule has 0 bridgehead atoms. The molecule has 29 heavy (non-hydrogen) atoms. The predicted molar refractivity (Wildman–Crippen MR) is 121 cm³/mol. The fraction of sp³-hybridized carbons (Fsp3) is 0.682. The van der Waals surface area contributed by atoms with E-state index >= 15 is 0 Å². The van der Waals surface area contributed by atoms with Crippen molar-refractivity contribution in [2.24, 2.45) is 0 Å². The van der Waals surface area contributed by atoms with Crippen molar-refractivity contribution in [2.45, 2.75) is 82.0 Å². The highest BCUT2D eigenvalue weighted by Gasteiger charge is 2.42. The molecular weight excluding hydrogens is 452 g/mol. The summed E-state index contributed by atoms with van der Waals surface area (Å²) in [4.78, 5) is 11.5. The number of benzene rings is 1. The van der Waals surface area contributed by atoms with Crippen LogP contribution < -0.4 is 0 Å². The first kappa shape index (κ1) is 24.5. The average Bonchev–Trinajstić information content (AvgIpc) is 2.63. The van der Waals surface area contributed by atoms with Gasteiger partial charge in [0.15, 0.2) is 8.32 Å². The Bertz CT molecular complexity index is 646. The SMILES string of the molecule is CC(=O)O[C@H]1C[C@H](CO[Si](C)(C)C(C)(C)C)O[C@H](COCc2ccccc2)[C@@H]1Br. The summed E-state index contributed by atoms with van der Waals surface area (Å²) >= 11 is 3.67. The number of hydrogen-bond acceptors (Lipinski definition) is 5. The molecule has 0 N–H and O–H groups in total. The lowest BCUT2D eigenvalue weighted by Gasteiger charge is -2.41. The quantitative estimate of drug-likeness (QED) is 0.291. The van der Waals surface area contributed by atoms with E-state index in [1.165, 1.54) is 6.92 Å². The number of ether oxygens (including phenoxy) is 3. The molecule has 1 aromatic carbocycles. The van der Waals surface area contributed by atoms with Crippen LogP contribution in [0.1, 0.15) is 39.7 Å². The first-order valence-electron chi connectivity index (χ1n) is 10.2. The molecule has 0 aromatic heterocycles. The Morgan fingerprint density at radius 2 is 1.86 bits per heavy atom. The normalized spacial score (nSPS) is 25.6. The van der Waals surface area contributed by atoms with Crippen molar-refractivity contribution in [1.29, 1.82) is 0 Å². The van der Waals surface area contributed by atoms with Crippen molar-refractivity contribution < 1.29 is 23.4 Å². The van der Waals surface area contributed by atoms with Gasteiger partial charge in [-0.05, 0) is 23.7 Å². The lowest BCUT2D eigenvalue weighted by molar-refractivity contribution is -0.164. The molecule has 1 saturated heterocycles. The van der Waals surface area contributed by atoms with E-state index in [1.807, 2.05) is 30.3 Å². The van der Waals surface area contributed by atoms with Crippen LogP contribution in [-0.2, 0) is 30.0 Å². The fourth-order valence-corrected chi connectivity index (χ4v) is 4.59. The topological polar surface area (TPSA) is 54.0 Å². The summed E-state index contributed by atoms with van der Waals surface area (Å²) in [6, 6.07) is 10.0. The van der Waals surface area contributed by atoms with E-state index in [0.717, 1.165) is 5.56 Å². The number of esters is 1. The number of rotatable bonds is 8. The van der Waals surface area contributed by atoms with E-state index in [0.29, 0.717) is 26.2 Å². The summed E-state index contributed by atoms with van der Waals surface area (Å²) in [5, 5.41) is 0.132. The second kappa shape index (κ2) is 10.5. The third-order valence-corrected chi connectivity index (χ3v) is 11.4. The molecule has 7 heteroatoms. The largest absolute Gasteiger partial charge is 0.461 e. The molecule has 0 radical (unpaired) electrons. The van der Waals surface area contributed by atoms with Crippen molar-refractivity contribution in [3.63, 3.8) is 0 Å². The molecule has 0 saturated carbocycles. The fourth-order valence-electron chi connectivity index (χ4n) is 2.96. The van der Waals surface area contributed by atoms with Crippen LogP contribution in [0.15, 0.2) is 30.3 Å². The monoisotopic (exact) mass is 486 g/mol. The lowest BCUT2D eigenvalue weighted by Crippen LogP contribution is -2.51. The van der Waals surface area contributed by atoms with Gasteiger partial charge in [-0.3, -0.25) is 4.79 Å². The molecule has 0 amide bonds. The predicted octanol–water partition coefficient (Wildman–Crippen LogP) is 5.08. The van der Waals surface area contributed by atoms with Gasteiger partial charge in [0.05, 0.1) is 36.9 Å². The molecule has 1 aliphatic rings. The van der Waals surface area contributed by atoms with Crippen LogP contribution in [0, 0.1) is 0 Å². The Labute approximate surface area is 184 Å². The summed E-state index contributed by atoms with van der Waals surface area (Å²) in [6.07, 6.45) is -0.00345. The summed E-state index contributed by atoms with van der Waals surface area (Å²) < 4.78 is 24.1. The standard InChI is InChI=1S/C22H35BrO5Si/c1-16(24)27-19-12-18(14-26-29(5,6)22(2,3)4)28-20(21(19)23)15-25-13-17-10-8-7-9-11-17/h7-11,18-21H,12-15H2,1-6H3/t18-,19+,20-,21-/m1/s1. The van der Waals surface area contributed by atoms with Crippen LogP contribution in [0.3, 0.4) is 0 Å². The Morgan fingerprint density at radius 1 is 1.21 bits per heavy atom. The Morgan fingerprint density at radius 3 is 2.45 bits per heavy atom. The maximum Gasteiger partial charge on any atom is 0.302 e. The Hall–Kier alpha value is -0.733. The van der Waals surface area contributed by atoms with Gasteiger partial charge in [-0.1, -0.05) is 67.0 Å². The molecule has 1 aromatic rings. The van der Waals surface area contributed by atoms with E-state index in [4.69, 9.17) is 18.6 Å². The van der Waals surface area contributed by atoms with Gasteiger partial charge in [0.1, 0.15) is 6.10 Å². The van der Waals surface area contributed by atoms with Crippen LogP contribution in [-0.4, -0.2) is 50.6 Å². The zero-order valence-corrected chi connectivity index (χ0v) is 21.0. The van der Waals surface area contributed by atoms with Crippen molar-refractivity contribution in [3.05, 3.63) is 35.9 Å². The zero-order valence-electron chi connectivity index (χ0n) is 18.4. The second-order valence-corrected chi connectivity index (χ2v) is 15.1. The van der Waals surface area contributed by atoms with Gasteiger partial charge in [0.2, 0.25) is 0 Å². The molecule has 1 aliphatic heterocycles. The van der Waals surface area contributed by atoms with Gasteiger partial charge in [0, 0.05) is 13.3 Å². The van der Waals surface area contributed by atoms with Gasteiger partial charge in [-0.2, -0.15) is 0 Å². The number of carbonyl (C=O) groups is 1. The van der Waals surface area contributed by atoms with Crippen LogP contribution >= 0.6 is 15.9 Å². The van der Waals surface area contributed by atoms with E-state index in [9.17, 15) is 4.79 Å². The summed E-state index contributed by atoms with van der Waals surface area (Å²) in [6.45, 7) is 14.0. The second-order valence-electron chi connectivity index (χ2n) is 9.20. The summed E-state index contributed by atoms with van der Waals surface area (Å²) in [7, 11) is -1.88. The third-order valence-electron chi connectivity index (χ3n) is 5.72. The highest BCUT2D eigenvalue weighted by Crippen LogP contribution is 2.37. The van der Waals surface area contributed by atoms with Gasteiger partial charge < -0.3 is 18.6 Å². The highest BCUT2D eigenvalue weighted by atomic mass is 79.9. The molecular formula is C22H35BrO5Si. The van der Waals surface area contributed by atoms with Gasteiger partial charge in [-0.25, -0.2) is 0 Å².